The molecule has 26 heavy (non-hydrogen) atoms. The summed E-state index contributed by atoms with van der Waals surface area (Å²) in [4.78, 5) is 2.36. The quantitative estimate of drug-likeness (QED) is 0.704. The van der Waals surface area contributed by atoms with E-state index in [4.69, 9.17) is 16.3 Å². The van der Waals surface area contributed by atoms with Crippen molar-refractivity contribution in [3.8, 4) is 11.4 Å². The van der Waals surface area contributed by atoms with Crippen LogP contribution >= 0.6 is 11.6 Å². The molecule has 1 unspecified atom stereocenters. The van der Waals surface area contributed by atoms with E-state index in [1.54, 1.807) is 0 Å². The molecule has 3 aromatic rings. The van der Waals surface area contributed by atoms with Gasteiger partial charge in [0.2, 0.25) is 0 Å². The molecule has 6 heteroatoms. The predicted octanol–water partition coefficient (Wildman–Crippen LogP) is 3.71. The number of hydrogen-bond donors (Lipinski definition) is 0. The van der Waals surface area contributed by atoms with E-state index < -0.39 is 0 Å². The summed E-state index contributed by atoms with van der Waals surface area (Å²) in [5.74, 6) is 1.84. The van der Waals surface area contributed by atoms with Crippen LogP contribution in [-0.2, 0) is 18.3 Å². The van der Waals surface area contributed by atoms with Crippen LogP contribution in [0.3, 0.4) is 0 Å². The number of nitrogens with zero attached hydrogens (tertiary/aromatic N) is 4. The van der Waals surface area contributed by atoms with Gasteiger partial charge in [0.15, 0.2) is 5.82 Å². The molecule has 0 radical (unpaired) electrons. The minimum absolute atomic E-state index is 0.0317. The van der Waals surface area contributed by atoms with E-state index in [1.165, 1.54) is 0 Å². The number of morpholine rings is 1. The molecule has 4 rings (SSSR count). The van der Waals surface area contributed by atoms with Crippen LogP contribution in [0, 0.1) is 0 Å². The molecular weight excluding hydrogens is 348 g/mol. The van der Waals surface area contributed by atoms with Crippen LogP contribution in [0.25, 0.3) is 11.4 Å². The van der Waals surface area contributed by atoms with Gasteiger partial charge in [0.1, 0.15) is 5.82 Å². The third-order valence-corrected chi connectivity index (χ3v) is 4.97. The Kier molecular flexibility index (Phi) is 5.02. The third-order valence-electron chi connectivity index (χ3n) is 4.73. The molecule has 1 atom stereocenters. The highest BCUT2D eigenvalue weighted by atomic mass is 35.5. The summed E-state index contributed by atoms with van der Waals surface area (Å²) in [5.41, 5.74) is 2.19. The first kappa shape index (κ1) is 17.2. The molecule has 1 aliphatic heterocycles. The first-order valence-electron chi connectivity index (χ1n) is 8.74. The molecule has 2 heterocycles. The highest BCUT2D eigenvalue weighted by Gasteiger charge is 2.24. The maximum absolute atomic E-state index is 6.12. The lowest BCUT2D eigenvalue weighted by Crippen LogP contribution is -2.38. The number of aromatic nitrogens is 3. The number of rotatable bonds is 4. The molecule has 1 aliphatic rings. The van der Waals surface area contributed by atoms with Gasteiger partial charge in [0.05, 0.1) is 19.3 Å². The van der Waals surface area contributed by atoms with Gasteiger partial charge in [-0.1, -0.05) is 54.1 Å². The Hall–Kier alpha value is -2.21. The fourth-order valence-electron chi connectivity index (χ4n) is 3.29. The molecule has 1 aromatic heterocycles. The van der Waals surface area contributed by atoms with Gasteiger partial charge in [-0.3, -0.25) is 4.90 Å². The van der Waals surface area contributed by atoms with E-state index in [1.807, 2.05) is 43.4 Å². The molecule has 2 aromatic carbocycles. The highest BCUT2D eigenvalue weighted by molar-refractivity contribution is 6.30. The Morgan fingerprint density at radius 3 is 2.77 bits per heavy atom. The molecule has 134 valence electrons. The van der Waals surface area contributed by atoms with Crippen molar-refractivity contribution in [3.05, 3.63) is 71.0 Å². The van der Waals surface area contributed by atoms with Gasteiger partial charge < -0.3 is 9.30 Å². The molecule has 5 nitrogen and oxygen atoms in total. The van der Waals surface area contributed by atoms with E-state index in [0.717, 1.165) is 47.4 Å². The average molecular weight is 369 g/mol. The summed E-state index contributed by atoms with van der Waals surface area (Å²) in [6.45, 7) is 3.13. The Morgan fingerprint density at radius 1 is 1.12 bits per heavy atom. The second-order valence-corrected chi connectivity index (χ2v) is 6.95. The van der Waals surface area contributed by atoms with Crippen molar-refractivity contribution in [2.75, 3.05) is 19.7 Å². The second kappa shape index (κ2) is 7.58. The lowest BCUT2D eigenvalue weighted by atomic mass is 10.1. The fraction of sp³-hybridized carbons (Fsp3) is 0.300. The van der Waals surface area contributed by atoms with E-state index in [0.29, 0.717) is 6.61 Å². The highest BCUT2D eigenvalue weighted by Crippen LogP contribution is 2.25. The lowest BCUT2D eigenvalue weighted by molar-refractivity contribution is -0.0339. The van der Waals surface area contributed by atoms with Crippen LogP contribution in [0.5, 0.6) is 0 Å². The Bertz CT molecular complexity index is 881. The van der Waals surface area contributed by atoms with Crippen LogP contribution in [0.1, 0.15) is 17.5 Å². The Morgan fingerprint density at radius 2 is 1.96 bits per heavy atom. The SMILES string of the molecule is Cn1c(CN2CCOC(c3cccc(Cl)c3)C2)nnc1-c1ccccc1. The molecule has 0 saturated carbocycles. The van der Waals surface area contributed by atoms with Gasteiger partial charge in [-0.25, -0.2) is 0 Å². The molecule has 1 saturated heterocycles. The number of benzene rings is 2. The van der Waals surface area contributed by atoms with Crippen LogP contribution in [0.4, 0.5) is 0 Å². The minimum Gasteiger partial charge on any atom is -0.371 e. The molecule has 0 N–H and O–H groups in total. The summed E-state index contributed by atoms with van der Waals surface area (Å²) >= 11 is 6.12. The van der Waals surface area contributed by atoms with Crippen molar-refractivity contribution in [3.63, 3.8) is 0 Å². The van der Waals surface area contributed by atoms with Gasteiger partial charge in [-0.2, -0.15) is 0 Å². The van der Waals surface area contributed by atoms with Crippen molar-refractivity contribution < 1.29 is 4.74 Å². The lowest BCUT2D eigenvalue weighted by Gasteiger charge is -2.32. The number of ether oxygens (including phenoxy) is 1. The topological polar surface area (TPSA) is 43.2 Å². The zero-order valence-corrected chi connectivity index (χ0v) is 15.4. The van der Waals surface area contributed by atoms with Gasteiger partial charge in [0, 0.05) is 30.7 Å². The summed E-state index contributed by atoms with van der Waals surface area (Å²) in [6, 6.07) is 18.0. The fourth-order valence-corrected chi connectivity index (χ4v) is 3.49. The smallest absolute Gasteiger partial charge is 0.163 e. The standard InChI is InChI=1S/C20H21ClN4O/c1-24-19(22-23-20(24)15-6-3-2-4-7-15)14-25-10-11-26-18(13-25)16-8-5-9-17(21)12-16/h2-9,12,18H,10-11,13-14H2,1H3. The van der Waals surface area contributed by atoms with Crippen molar-refractivity contribution in [2.45, 2.75) is 12.6 Å². The minimum atomic E-state index is 0.0317. The van der Waals surface area contributed by atoms with Gasteiger partial charge in [0.25, 0.3) is 0 Å². The van der Waals surface area contributed by atoms with Crippen molar-refractivity contribution >= 4 is 11.6 Å². The van der Waals surface area contributed by atoms with Crippen molar-refractivity contribution in [1.29, 1.82) is 0 Å². The number of hydrogen-bond acceptors (Lipinski definition) is 4. The largest absolute Gasteiger partial charge is 0.371 e. The molecule has 1 fully saturated rings. The first-order chi connectivity index (χ1) is 12.7. The van der Waals surface area contributed by atoms with Gasteiger partial charge in [-0.05, 0) is 17.7 Å². The van der Waals surface area contributed by atoms with Crippen molar-refractivity contribution in [2.24, 2.45) is 7.05 Å². The summed E-state index contributed by atoms with van der Waals surface area (Å²) < 4.78 is 8.02. The van der Waals surface area contributed by atoms with E-state index in [9.17, 15) is 0 Å². The van der Waals surface area contributed by atoms with Crippen LogP contribution in [0.2, 0.25) is 5.02 Å². The van der Waals surface area contributed by atoms with E-state index >= 15 is 0 Å². The summed E-state index contributed by atoms with van der Waals surface area (Å²) in [6.07, 6.45) is 0.0317. The molecule has 0 aliphatic carbocycles. The first-order valence-corrected chi connectivity index (χ1v) is 9.11. The summed E-state index contributed by atoms with van der Waals surface area (Å²) in [7, 11) is 2.02. The average Bonchev–Trinajstić information content (AvgIpc) is 3.03. The zero-order valence-electron chi connectivity index (χ0n) is 14.7. The molecule has 0 amide bonds. The monoisotopic (exact) mass is 368 g/mol. The predicted molar refractivity (Wildman–Crippen MR) is 102 cm³/mol. The van der Waals surface area contributed by atoms with E-state index in [2.05, 4.69) is 37.9 Å². The van der Waals surface area contributed by atoms with Gasteiger partial charge >= 0.3 is 0 Å². The normalized spacial score (nSPS) is 18.2. The zero-order chi connectivity index (χ0) is 17.9. The van der Waals surface area contributed by atoms with Crippen LogP contribution < -0.4 is 0 Å². The Labute approximate surface area is 158 Å². The van der Waals surface area contributed by atoms with Crippen LogP contribution in [-0.4, -0.2) is 39.4 Å². The second-order valence-electron chi connectivity index (χ2n) is 6.51. The molecule has 0 bridgehead atoms. The maximum atomic E-state index is 6.12. The van der Waals surface area contributed by atoms with Crippen molar-refractivity contribution in [1.82, 2.24) is 19.7 Å². The van der Waals surface area contributed by atoms with Gasteiger partial charge in [-0.15, -0.1) is 10.2 Å². The molecular formula is C20H21ClN4O. The van der Waals surface area contributed by atoms with Crippen LogP contribution in [0.15, 0.2) is 54.6 Å². The third kappa shape index (κ3) is 3.65. The Balaban J connectivity index is 1.48. The molecule has 0 spiro atoms. The van der Waals surface area contributed by atoms with E-state index in [-0.39, 0.29) is 6.10 Å². The maximum Gasteiger partial charge on any atom is 0.163 e. The number of halogens is 1. The summed E-state index contributed by atoms with van der Waals surface area (Å²) in [5, 5.41) is 9.53.